The molecule has 0 aliphatic heterocycles. The van der Waals surface area contributed by atoms with Gasteiger partial charge in [0.05, 0.1) is 18.0 Å². The first kappa shape index (κ1) is 20.3. The van der Waals surface area contributed by atoms with Crippen molar-refractivity contribution in [1.82, 2.24) is 4.57 Å². The fourth-order valence-electron chi connectivity index (χ4n) is 3.17. The number of aryl methyl sites for hydroxylation is 1. The standard InChI is InChI=1S/C21H20F2N2O4/c1-21(22,23)12-8-10-13(11-9-12)24(2)19(27)17-18(26)16-14(25(3)20(17)28)6-5-7-15(16)29-4/h5-11,26H,1-4H3. The molecule has 152 valence electrons. The van der Waals surface area contributed by atoms with E-state index >= 15 is 0 Å². The fraction of sp³-hybridized carbons (Fsp3) is 0.238. The van der Waals surface area contributed by atoms with Crippen molar-refractivity contribution in [3.63, 3.8) is 0 Å². The largest absolute Gasteiger partial charge is 0.506 e. The maximum Gasteiger partial charge on any atom is 0.270 e. The number of anilines is 1. The highest BCUT2D eigenvalue weighted by atomic mass is 19.3. The minimum atomic E-state index is -3.01. The molecule has 0 fully saturated rings. The Morgan fingerprint density at radius 3 is 2.34 bits per heavy atom. The molecule has 0 bridgehead atoms. The van der Waals surface area contributed by atoms with E-state index < -0.39 is 28.7 Å². The third-order valence-electron chi connectivity index (χ3n) is 4.86. The molecule has 0 atom stereocenters. The molecule has 1 aromatic heterocycles. The molecule has 0 spiro atoms. The summed E-state index contributed by atoms with van der Waals surface area (Å²) in [5.74, 6) is -3.97. The van der Waals surface area contributed by atoms with Gasteiger partial charge in [-0.1, -0.05) is 18.2 Å². The normalized spacial score (nSPS) is 11.5. The smallest absolute Gasteiger partial charge is 0.270 e. The number of ether oxygens (including phenoxy) is 1. The minimum Gasteiger partial charge on any atom is -0.506 e. The van der Waals surface area contributed by atoms with Gasteiger partial charge in [0.25, 0.3) is 17.4 Å². The van der Waals surface area contributed by atoms with Crippen LogP contribution in [0.15, 0.2) is 47.3 Å². The van der Waals surface area contributed by atoms with Crippen LogP contribution in [0.2, 0.25) is 0 Å². The fourth-order valence-corrected chi connectivity index (χ4v) is 3.17. The van der Waals surface area contributed by atoms with Crippen molar-refractivity contribution >= 4 is 22.5 Å². The number of pyridine rings is 1. The Kier molecular flexibility index (Phi) is 5.04. The highest BCUT2D eigenvalue weighted by Crippen LogP contribution is 2.35. The molecule has 0 unspecified atom stereocenters. The summed E-state index contributed by atoms with van der Waals surface area (Å²) in [6, 6.07) is 10.0. The van der Waals surface area contributed by atoms with E-state index in [2.05, 4.69) is 0 Å². The van der Waals surface area contributed by atoms with Crippen molar-refractivity contribution in [3.8, 4) is 11.5 Å². The number of hydrogen-bond acceptors (Lipinski definition) is 4. The van der Waals surface area contributed by atoms with Crippen molar-refractivity contribution in [1.29, 1.82) is 0 Å². The van der Waals surface area contributed by atoms with E-state index in [0.29, 0.717) is 17.0 Å². The topological polar surface area (TPSA) is 71.8 Å². The van der Waals surface area contributed by atoms with Gasteiger partial charge in [0.15, 0.2) is 0 Å². The number of fused-ring (bicyclic) bond motifs is 1. The molecule has 3 rings (SSSR count). The molecule has 3 aromatic rings. The van der Waals surface area contributed by atoms with Crippen LogP contribution < -0.4 is 15.2 Å². The second-order valence-corrected chi connectivity index (χ2v) is 6.74. The molecule has 6 nitrogen and oxygen atoms in total. The van der Waals surface area contributed by atoms with Crippen molar-refractivity contribution in [2.75, 3.05) is 19.1 Å². The lowest BCUT2D eigenvalue weighted by molar-refractivity contribution is 0.0175. The van der Waals surface area contributed by atoms with Gasteiger partial charge in [-0.25, -0.2) is 8.78 Å². The molecule has 0 aliphatic rings. The van der Waals surface area contributed by atoms with Crippen molar-refractivity contribution in [2.45, 2.75) is 12.8 Å². The molecule has 1 heterocycles. The molecule has 8 heteroatoms. The van der Waals surface area contributed by atoms with E-state index in [1.165, 1.54) is 50.0 Å². The minimum absolute atomic E-state index is 0.198. The SMILES string of the molecule is COc1cccc2c1c(O)c(C(=O)N(C)c1ccc(C(C)(F)F)cc1)c(=O)n2C. The van der Waals surface area contributed by atoms with Crippen LogP contribution in [0.5, 0.6) is 11.5 Å². The summed E-state index contributed by atoms with van der Waals surface area (Å²) in [6.45, 7) is 0.779. The predicted octanol–water partition coefficient (Wildman–Crippen LogP) is 3.64. The third kappa shape index (κ3) is 3.41. The van der Waals surface area contributed by atoms with Gasteiger partial charge in [-0.3, -0.25) is 9.59 Å². The summed E-state index contributed by atoms with van der Waals surface area (Å²) in [5.41, 5.74) is -0.616. The van der Waals surface area contributed by atoms with Crippen LogP contribution in [0, 0.1) is 0 Å². The van der Waals surface area contributed by atoms with Crippen LogP contribution in [-0.4, -0.2) is 29.7 Å². The summed E-state index contributed by atoms with van der Waals surface area (Å²) >= 11 is 0. The number of carbonyl (C=O) groups is 1. The number of aromatic hydroxyl groups is 1. The number of methoxy groups -OCH3 is 1. The Hall–Kier alpha value is -3.42. The number of hydrogen-bond donors (Lipinski definition) is 1. The molecule has 1 N–H and O–H groups in total. The van der Waals surface area contributed by atoms with Crippen LogP contribution >= 0.6 is 0 Å². The summed E-state index contributed by atoms with van der Waals surface area (Å²) in [5, 5.41) is 11.0. The van der Waals surface area contributed by atoms with E-state index in [9.17, 15) is 23.5 Å². The van der Waals surface area contributed by atoms with Crippen molar-refractivity contribution in [2.24, 2.45) is 7.05 Å². The number of carbonyl (C=O) groups excluding carboxylic acids is 1. The first-order valence-electron chi connectivity index (χ1n) is 8.73. The van der Waals surface area contributed by atoms with Gasteiger partial charge >= 0.3 is 0 Å². The van der Waals surface area contributed by atoms with E-state index in [4.69, 9.17) is 4.74 Å². The molecule has 0 saturated heterocycles. The summed E-state index contributed by atoms with van der Waals surface area (Å²) in [6.07, 6.45) is 0. The van der Waals surface area contributed by atoms with Gasteiger partial charge in [-0.2, -0.15) is 0 Å². The number of benzene rings is 2. The zero-order valence-corrected chi connectivity index (χ0v) is 16.4. The van der Waals surface area contributed by atoms with Crippen molar-refractivity contribution in [3.05, 3.63) is 63.9 Å². The molecule has 0 aliphatic carbocycles. The number of amides is 1. The predicted molar refractivity (Wildman–Crippen MR) is 106 cm³/mol. The highest BCUT2D eigenvalue weighted by Gasteiger charge is 2.27. The average Bonchev–Trinajstić information content (AvgIpc) is 2.70. The highest BCUT2D eigenvalue weighted by molar-refractivity contribution is 6.11. The van der Waals surface area contributed by atoms with E-state index in [1.54, 1.807) is 18.2 Å². The van der Waals surface area contributed by atoms with Crippen LogP contribution in [0.1, 0.15) is 22.8 Å². The summed E-state index contributed by atoms with van der Waals surface area (Å²) in [7, 11) is 4.29. The molecule has 29 heavy (non-hydrogen) atoms. The number of alkyl halides is 2. The zero-order chi connectivity index (χ0) is 21.5. The Bertz CT molecular complexity index is 1150. The molecule has 2 aromatic carbocycles. The first-order valence-corrected chi connectivity index (χ1v) is 8.73. The monoisotopic (exact) mass is 402 g/mol. The van der Waals surface area contributed by atoms with Crippen molar-refractivity contribution < 1.29 is 23.4 Å². The lowest BCUT2D eigenvalue weighted by Gasteiger charge is -2.20. The van der Waals surface area contributed by atoms with Gasteiger partial charge in [-0.15, -0.1) is 0 Å². The maximum atomic E-state index is 13.4. The lowest BCUT2D eigenvalue weighted by atomic mass is 10.1. The van der Waals surface area contributed by atoms with Gasteiger partial charge in [0, 0.05) is 32.3 Å². The molecular formula is C21H20F2N2O4. The average molecular weight is 402 g/mol. The zero-order valence-electron chi connectivity index (χ0n) is 16.4. The molecule has 1 amide bonds. The van der Waals surface area contributed by atoms with Gasteiger partial charge in [0.2, 0.25) is 0 Å². The van der Waals surface area contributed by atoms with E-state index in [-0.39, 0.29) is 10.9 Å². The Morgan fingerprint density at radius 1 is 1.17 bits per heavy atom. The molecule has 0 radical (unpaired) electrons. The maximum absolute atomic E-state index is 13.4. The Morgan fingerprint density at radius 2 is 1.79 bits per heavy atom. The van der Waals surface area contributed by atoms with Crippen LogP contribution in [0.25, 0.3) is 10.9 Å². The third-order valence-corrected chi connectivity index (χ3v) is 4.86. The number of nitrogens with zero attached hydrogens (tertiary/aromatic N) is 2. The lowest BCUT2D eigenvalue weighted by Crippen LogP contribution is -2.34. The van der Waals surface area contributed by atoms with Crippen LogP contribution in [0.4, 0.5) is 14.5 Å². The summed E-state index contributed by atoms with van der Waals surface area (Å²) in [4.78, 5) is 26.9. The molecule has 0 saturated carbocycles. The number of rotatable bonds is 4. The Balaban J connectivity index is 2.13. The van der Waals surface area contributed by atoms with E-state index in [1.807, 2.05) is 0 Å². The first-order chi connectivity index (χ1) is 13.6. The van der Waals surface area contributed by atoms with Gasteiger partial charge in [0.1, 0.15) is 17.1 Å². The summed E-state index contributed by atoms with van der Waals surface area (Å²) < 4.78 is 33.3. The second kappa shape index (κ2) is 7.20. The van der Waals surface area contributed by atoms with Crippen LogP contribution in [0.3, 0.4) is 0 Å². The van der Waals surface area contributed by atoms with Gasteiger partial charge in [-0.05, 0) is 24.3 Å². The van der Waals surface area contributed by atoms with Crippen LogP contribution in [-0.2, 0) is 13.0 Å². The quantitative estimate of drug-likeness (QED) is 0.723. The Labute approximate surface area is 165 Å². The van der Waals surface area contributed by atoms with E-state index in [0.717, 1.165) is 11.8 Å². The second-order valence-electron chi connectivity index (χ2n) is 6.74. The number of aromatic nitrogens is 1. The number of halogens is 2. The van der Waals surface area contributed by atoms with Gasteiger partial charge < -0.3 is 19.3 Å². The molecular weight excluding hydrogens is 382 g/mol.